The van der Waals surface area contributed by atoms with E-state index in [9.17, 15) is 10.1 Å². The van der Waals surface area contributed by atoms with Crippen molar-refractivity contribution in [2.24, 2.45) is 0 Å². The monoisotopic (exact) mass is 320 g/mol. The summed E-state index contributed by atoms with van der Waals surface area (Å²) in [7, 11) is 0. The Hall–Kier alpha value is -0.850. The van der Waals surface area contributed by atoms with E-state index in [0.29, 0.717) is 5.69 Å². The zero-order valence-corrected chi connectivity index (χ0v) is 10.7. The smallest absolute Gasteiger partial charge is 0.293 e. The van der Waals surface area contributed by atoms with E-state index in [1.165, 1.54) is 0 Å². The van der Waals surface area contributed by atoms with E-state index in [2.05, 4.69) is 34.8 Å². The molecule has 0 spiro atoms. The first-order valence-electron chi connectivity index (χ1n) is 4.83. The van der Waals surface area contributed by atoms with Crippen molar-refractivity contribution in [3.05, 3.63) is 31.9 Å². The van der Waals surface area contributed by atoms with Gasteiger partial charge in [0.2, 0.25) is 0 Å². The molecule has 0 amide bonds. The Bertz CT molecular complexity index is 355. The van der Waals surface area contributed by atoms with E-state index in [0.717, 1.165) is 23.0 Å². The molecule has 4 nitrogen and oxygen atoms in total. The van der Waals surface area contributed by atoms with Gasteiger partial charge in [-0.1, -0.05) is 13.3 Å². The van der Waals surface area contributed by atoms with Crippen LogP contribution in [0, 0.1) is 13.7 Å². The van der Waals surface area contributed by atoms with Gasteiger partial charge < -0.3 is 5.32 Å². The van der Waals surface area contributed by atoms with Crippen LogP contribution in [0.15, 0.2) is 18.2 Å². The Kier molecular flexibility index (Phi) is 4.80. The molecule has 1 aromatic rings. The maximum atomic E-state index is 10.8. The number of nitro benzene ring substituents is 1. The summed E-state index contributed by atoms with van der Waals surface area (Å²) in [6, 6.07) is 5.20. The van der Waals surface area contributed by atoms with Crippen LogP contribution in [0.25, 0.3) is 0 Å². The molecule has 0 radical (unpaired) electrons. The number of halogens is 1. The number of anilines is 1. The molecule has 0 saturated carbocycles. The number of unbranched alkanes of at least 4 members (excludes halogenated alkanes) is 1. The van der Waals surface area contributed by atoms with Gasteiger partial charge in [0.25, 0.3) is 5.69 Å². The summed E-state index contributed by atoms with van der Waals surface area (Å²) in [5, 5.41) is 13.8. The van der Waals surface area contributed by atoms with E-state index in [1.54, 1.807) is 12.1 Å². The minimum Gasteiger partial charge on any atom is -0.379 e. The van der Waals surface area contributed by atoms with Gasteiger partial charge in [-0.25, -0.2) is 0 Å². The Balaban J connectivity index is 2.81. The molecule has 0 aliphatic carbocycles. The van der Waals surface area contributed by atoms with Gasteiger partial charge in [0, 0.05) is 16.2 Å². The summed E-state index contributed by atoms with van der Waals surface area (Å²) in [6.45, 7) is 2.86. The number of rotatable bonds is 5. The SMILES string of the molecule is CCCCNc1ccc(I)cc1[N+](=O)[O-]. The number of nitro groups is 1. The van der Waals surface area contributed by atoms with E-state index in [4.69, 9.17) is 0 Å². The molecule has 0 unspecified atom stereocenters. The molecule has 0 atom stereocenters. The van der Waals surface area contributed by atoms with Crippen molar-refractivity contribution >= 4 is 34.0 Å². The molecule has 0 bridgehead atoms. The zero-order valence-electron chi connectivity index (χ0n) is 8.50. The third-order valence-corrected chi connectivity index (χ3v) is 2.67. The van der Waals surface area contributed by atoms with Crippen LogP contribution < -0.4 is 5.32 Å². The Morgan fingerprint density at radius 2 is 2.27 bits per heavy atom. The van der Waals surface area contributed by atoms with E-state index < -0.39 is 0 Å². The molecular formula is C10H13IN2O2. The molecule has 0 fully saturated rings. The first kappa shape index (κ1) is 12.2. The summed E-state index contributed by atoms with van der Waals surface area (Å²) in [4.78, 5) is 10.4. The van der Waals surface area contributed by atoms with Crippen molar-refractivity contribution in [3.8, 4) is 0 Å². The Morgan fingerprint density at radius 3 is 2.87 bits per heavy atom. The van der Waals surface area contributed by atoms with Crippen LogP contribution in [0.1, 0.15) is 19.8 Å². The topological polar surface area (TPSA) is 55.2 Å². The highest BCUT2D eigenvalue weighted by atomic mass is 127. The molecule has 0 saturated heterocycles. The highest BCUT2D eigenvalue weighted by Crippen LogP contribution is 2.26. The molecule has 82 valence electrons. The number of nitrogens with zero attached hydrogens (tertiary/aromatic N) is 1. The lowest BCUT2D eigenvalue weighted by Crippen LogP contribution is -2.04. The Morgan fingerprint density at radius 1 is 1.53 bits per heavy atom. The summed E-state index contributed by atoms with van der Waals surface area (Å²) in [5.74, 6) is 0. The van der Waals surface area contributed by atoms with Crippen molar-refractivity contribution in [1.82, 2.24) is 0 Å². The number of nitrogens with one attached hydrogen (secondary N) is 1. The number of benzene rings is 1. The van der Waals surface area contributed by atoms with Gasteiger partial charge in [-0.05, 0) is 41.1 Å². The van der Waals surface area contributed by atoms with Gasteiger partial charge in [0.05, 0.1) is 4.92 Å². The summed E-state index contributed by atoms with van der Waals surface area (Å²) >= 11 is 2.07. The predicted octanol–water partition coefficient (Wildman–Crippen LogP) is 3.41. The van der Waals surface area contributed by atoms with Crippen LogP contribution in [0.2, 0.25) is 0 Å². The molecular weight excluding hydrogens is 307 g/mol. The first-order chi connectivity index (χ1) is 7.15. The summed E-state index contributed by atoms with van der Waals surface area (Å²) in [6.07, 6.45) is 2.09. The first-order valence-corrected chi connectivity index (χ1v) is 5.91. The van der Waals surface area contributed by atoms with Crippen LogP contribution in [0.4, 0.5) is 11.4 Å². The molecule has 5 heteroatoms. The standard InChI is InChI=1S/C10H13IN2O2/c1-2-3-6-12-9-5-4-8(11)7-10(9)13(14)15/h4-5,7,12H,2-3,6H2,1H3. The van der Waals surface area contributed by atoms with Crippen LogP contribution >= 0.6 is 22.6 Å². The van der Waals surface area contributed by atoms with Crippen molar-refractivity contribution in [2.45, 2.75) is 19.8 Å². The lowest BCUT2D eigenvalue weighted by Gasteiger charge is -2.06. The number of hydrogen-bond donors (Lipinski definition) is 1. The van der Waals surface area contributed by atoms with Crippen LogP contribution in [0.5, 0.6) is 0 Å². The maximum Gasteiger partial charge on any atom is 0.293 e. The van der Waals surface area contributed by atoms with Gasteiger partial charge in [0.15, 0.2) is 0 Å². The lowest BCUT2D eigenvalue weighted by atomic mass is 10.2. The lowest BCUT2D eigenvalue weighted by molar-refractivity contribution is -0.384. The second kappa shape index (κ2) is 5.89. The third kappa shape index (κ3) is 3.65. The van der Waals surface area contributed by atoms with Crippen molar-refractivity contribution in [1.29, 1.82) is 0 Å². The van der Waals surface area contributed by atoms with Gasteiger partial charge in [0.1, 0.15) is 5.69 Å². The predicted molar refractivity (Wildman–Crippen MR) is 69.2 cm³/mol. The van der Waals surface area contributed by atoms with Gasteiger partial charge in [-0.15, -0.1) is 0 Å². The second-order valence-electron chi connectivity index (χ2n) is 3.20. The normalized spacial score (nSPS) is 10.0. The molecule has 15 heavy (non-hydrogen) atoms. The van der Waals surface area contributed by atoms with Gasteiger partial charge in [-0.3, -0.25) is 10.1 Å². The quantitative estimate of drug-likeness (QED) is 0.391. The van der Waals surface area contributed by atoms with E-state index in [-0.39, 0.29) is 10.6 Å². The van der Waals surface area contributed by atoms with Crippen molar-refractivity contribution in [2.75, 3.05) is 11.9 Å². The second-order valence-corrected chi connectivity index (χ2v) is 4.44. The highest BCUT2D eigenvalue weighted by molar-refractivity contribution is 14.1. The Labute approximate surface area is 102 Å². The number of hydrogen-bond acceptors (Lipinski definition) is 3. The fourth-order valence-electron chi connectivity index (χ4n) is 1.21. The largest absolute Gasteiger partial charge is 0.379 e. The summed E-state index contributed by atoms with van der Waals surface area (Å²) < 4.78 is 0.875. The minimum atomic E-state index is -0.351. The molecule has 0 aromatic heterocycles. The fourth-order valence-corrected chi connectivity index (χ4v) is 1.68. The maximum absolute atomic E-state index is 10.8. The van der Waals surface area contributed by atoms with Gasteiger partial charge in [-0.2, -0.15) is 0 Å². The zero-order chi connectivity index (χ0) is 11.3. The molecule has 0 aliphatic rings. The molecule has 1 rings (SSSR count). The van der Waals surface area contributed by atoms with Crippen molar-refractivity contribution in [3.63, 3.8) is 0 Å². The van der Waals surface area contributed by atoms with Gasteiger partial charge >= 0.3 is 0 Å². The molecule has 1 aromatic carbocycles. The van der Waals surface area contributed by atoms with Crippen LogP contribution in [-0.2, 0) is 0 Å². The van der Waals surface area contributed by atoms with Crippen molar-refractivity contribution < 1.29 is 4.92 Å². The van der Waals surface area contributed by atoms with E-state index >= 15 is 0 Å². The molecule has 0 heterocycles. The average molecular weight is 320 g/mol. The highest BCUT2D eigenvalue weighted by Gasteiger charge is 2.12. The minimum absolute atomic E-state index is 0.151. The summed E-state index contributed by atoms with van der Waals surface area (Å²) in [5.41, 5.74) is 0.756. The van der Waals surface area contributed by atoms with Crippen LogP contribution in [0.3, 0.4) is 0 Å². The molecule has 1 N–H and O–H groups in total. The molecule has 0 aliphatic heterocycles. The third-order valence-electron chi connectivity index (χ3n) is 2.00. The van der Waals surface area contributed by atoms with E-state index in [1.807, 2.05) is 6.07 Å². The fraction of sp³-hybridized carbons (Fsp3) is 0.400. The van der Waals surface area contributed by atoms with Crippen LogP contribution in [-0.4, -0.2) is 11.5 Å². The average Bonchev–Trinajstić information content (AvgIpc) is 2.20.